The first-order chi connectivity index (χ1) is 14.0. The second kappa shape index (κ2) is 7.99. The van der Waals surface area contributed by atoms with Gasteiger partial charge in [0, 0.05) is 24.2 Å². The third-order valence-corrected chi connectivity index (χ3v) is 3.99. The maximum atomic E-state index is 14.3. The van der Waals surface area contributed by atoms with Gasteiger partial charge in [-0.3, -0.25) is 15.2 Å². The number of nitrogens with one attached hydrogen (secondary N) is 2. The van der Waals surface area contributed by atoms with Crippen LogP contribution in [-0.2, 0) is 0 Å². The zero-order chi connectivity index (χ0) is 22.1. The number of aliphatic imine (C=N–C) groups is 1. The summed E-state index contributed by atoms with van der Waals surface area (Å²) in [5.41, 5.74) is 4.84. The number of halogens is 2. The molecule has 0 aliphatic rings. The molecule has 3 aromatic rings. The number of nitrogens with zero attached hydrogens (tertiary/aromatic N) is 3. The molecular weight excluding hydrogens is 394 g/mol. The highest BCUT2D eigenvalue weighted by atomic mass is 19.1. The zero-order valence-electron chi connectivity index (χ0n) is 16.3. The van der Waals surface area contributed by atoms with Gasteiger partial charge in [0.25, 0.3) is 0 Å². The minimum absolute atomic E-state index is 0.00553. The van der Waals surface area contributed by atoms with Crippen LogP contribution in [0.4, 0.5) is 8.78 Å². The van der Waals surface area contributed by atoms with Crippen LogP contribution in [0.25, 0.3) is 17.1 Å². The highest BCUT2D eigenvalue weighted by molar-refractivity contribution is 6.13. The molecule has 0 aliphatic carbocycles. The van der Waals surface area contributed by atoms with Crippen molar-refractivity contribution < 1.29 is 18.3 Å². The van der Waals surface area contributed by atoms with Crippen LogP contribution < -0.4 is 5.73 Å². The van der Waals surface area contributed by atoms with Gasteiger partial charge in [-0.2, -0.15) is 4.98 Å². The predicted molar refractivity (Wildman–Crippen MR) is 109 cm³/mol. The number of nitrogens with two attached hydrogens (primary N) is 1. The highest BCUT2D eigenvalue weighted by Crippen LogP contribution is 2.28. The molecule has 8 nitrogen and oxygen atoms in total. The fraction of sp³-hybridized carbons (Fsp3) is 0.200. The minimum atomic E-state index is -1.07. The van der Waals surface area contributed by atoms with Gasteiger partial charge in [0.1, 0.15) is 41.0 Å². The van der Waals surface area contributed by atoms with E-state index in [9.17, 15) is 13.9 Å². The lowest BCUT2D eigenvalue weighted by Crippen LogP contribution is -2.28. The lowest BCUT2D eigenvalue weighted by atomic mass is 10.1. The van der Waals surface area contributed by atoms with Crippen molar-refractivity contribution in [1.29, 1.82) is 10.8 Å². The average Bonchev–Trinajstić information content (AvgIpc) is 3.18. The first kappa shape index (κ1) is 21.1. The lowest BCUT2D eigenvalue weighted by molar-refractivity contribution is 0.0884. The molecule has 0 saturated carbocycles. The van der Waals surface area contributed by atoms with Gasteiger partial charge in [0.05, 0.1) is 11.3 Å². The molecule has 0 bridgehead atoms. The monoisotopic (exact) mass is 414 g/mol. The molecule has 0 amide bonds. The molecule has 156 valence electrons. The summed E-state index contributed by atoms with van der Waals surface area (Å²) in [5.74, 6) is -1.59. The molecule has 0 spiro atoms. The van der Waals surface area contributed by atoms with Crippen molar-refractivity contribution in [2.75, 3.05) is 0 Å². The molecule has 0 radical (unpaired) electrons. The molecule has 10 heteroatoms. The smallest absolute Gasteiger partial charge is 0.306 e. The van der Waals surface area contributed by atoms with Crippen molar-refractivity contribution >= 4 is 23.2 Å². The van der Waals surface area contributed by atoms with E-state index in [4.69, 9.17) is 21.0 Å². The molecule has 1 aromatic carbocycles. The predicted octanol–water partition coefficient (Wildman–Crippen LogP) is 3.29. The number of aliphatic hydroxyl groups is 1. The van der Waals surface area contributed by atoms with Gasteiger partial charge in [-0.05, 0) is 38.1 Å². The van der Waals surface area contributed by atoms with E-state index in [1.807, 2.05) is 0 Å². The molecule has 0 saturated heterocycles. The molecular formula is C20H20F2N6O2. The number of amidine groups is 2. The summed E-state index contributed by atoms with van der Waals surface area (Å²) in [4.78, 5) is 8.06. The highest BCUT2D eigenvalue weighted by Gasteiger charge is 2.21. The van der Waals surface area contributed by atoms with Crippen LogP contribution in [0.15, 0.2) is 52.2 Å². The van der Waals surface area contributed by atoms with E-state index in [0.717, 1.165) is 12.1 Å². The van der Waals surface area contributed by atoms with Crippen molar-refractivity contribution in [3.63, 3.8) is 0 Å². The van der Waals surface area contributed by atoms with Crippen LogP contribution in [0.3, 0.4) is 0 Å². The number of fused-ring (bicyclic) bond motifs is 1. The van der Waals surface area contributed by atoms with Crippen LogP contribution >= 0.6 is 0 Å². The Kier molecular flexibility index (Phi) is 5.61. The SMILES string of the molecule is CC(C)(O)CC(N)=NC(=N)/C=C\C(=N)c1c(-c2ccc(F)cc2F)nc2occn12. The fourth-order valence-corrected chi connectivity index (χ4v) is 2.83. The van der Waals surface area contributed by atoms with Gasteiger partial charge in [-0.1, -0.05) is 0 Å². The first-order valence-corrected chi connectivity index (χ1v) is 8.87. The van der Waals surface area contributed by atoms with E-state index in [2.05, 4.69) is 9.98 Å². The Labute approximate surface area is 170 Å². The largest absolute Gasteiger partial charge is 0.432 e. The maximum absolute atomic E-state index is 14.3. The van der Waals surface area contributed by atoms with E-state index in [1.165, 1.54) is 35.1 Å². The number of aromatic nitrogens is 2. The van der Waals surface area contributed by atoms with E-state index >= 15 is 0 Å². The Balaban J connectivity index is 1.93. The van der Waals surface area contributed by atoms with Crippen LogP contribution in [-0.4, -0.2) is 37.5 Å². The molecule has 0 unspecified atom stereocenters. The standard InChI is InChI=1S/C20H20F2N6O2/c1-20(2,29)10-16(25)26-15(24)6-5-14(23)18-17(27-19-28(18)7-8-30-19)12-4-3-11(21)9-13(12)22/h3-9,23,29H,10H2,1-2H3,(H3,24,25,26)/b6-5-,23-14?. The van der Waals surface area contributed by atoms with Crippen LogP contribution in [0.5, 0.6) is 0 Å². The summed E-state index contributed by atoms with van der Waals surface area (Å²) in [6.45, 7) is 3.13. The van der Waals surface area contributed by atoms with E-state index in [0.29, 0.717) is 0 Å². The molecule has 3 rings (SSSR count). The zero-order valence-corrected chi connectivity index (χ0v) is 16.3. The van der Waals surface area contributed by atoms with Crippen molar-refractivity contribution in [3.8, 4) is 11.3 Å². The quantitative estimate of drug-likeness (QED) is 0.363. The molecule has 2 heterocycles. The van der Waals surface area contributed by atoms with Crippen molar-refractivity contribution in [3.05, 3.63) is 60.1 Å². The molecule has 30 heavy (non-hydrogen) atoms. The third kappa shape index (κ3) is 4.66. The Morgan fingerprint density at radius 2 is 2.07 bits per heavy atom. The van der Waals surface area contributed by atoms with Gasteiger partial charge in [-0.25, -0.2) is 13.8 Å². The summed E-state index contributed by atoms with van der Waals surface area (Å²) in [5, 5.41) is 26.0. The molecule has 2 aromatic heterocycles. The van der Waals surface area contributed by atoms with Crippen molar-refractivity contribution in [2.45, 2.75) is 25.9 Å². The number of imidazole rings is 1. The Hall–Kier alpha value is -3.66. The summed E-state index contributed by atoms with van der Waals surface area (Å²) in [6.07, 6.45) is 5.47. The van der Waals surface area contributed by atoms with Gasteiger partial charge in [0.2, 0.25) is 0 Å². The molecule has 0 fully saturated rings. The number of hydrogen-bond donors (Lipinski definition) is 4. The Morgan fingerprint density at radius 3 is 2.73 bits per heavy atom. The number of hydrogen-bond acceptors (Lipinski definition) is 5. The van der Waals surface area contributed by atoms with Gasteiger partial charge in [0.15, 0.2) is 0 Å². The number of benzene rings is 1. The second-order valence-corrected chi connectivity index (χ2v) is 7.21. The van der Waals surface area contributed by atoms with Gasteiger partial charge < -0.3 is 15.3 Å². The van der Waals surface area contributed by atoms with Crippen molar-refractivity contribution in [2.24, 2.45) is 10.7 Å². The van der Waals surface area contributed by atoms with Gasteiger partial charge in [-0.15, -0.1) is 0 Å². The first-order valence-electron chi connectivity index (χ1n) is 8.87. The van der Waals surface area contributed by atoms with Gasteiger partial charge >= 0.3 is 5.84 Å². The van der Waals surface area contributed by atoms with E-state index < -0.39 is 17.2 Å². The van der Waals surface area contributed by atoms with Crippen LogP contribution in [0.1, 0.15) is 26.0 Å². The number of allylic oxidation sites excluding steroid dienone is 1. The van der Waals surface area contributed by atoms with Crippen molar-refractivity contribution in [1.82, 2.24) is 9.38 Å². The Bertz CT molecular complexity index is 1180. The number of oxazole rings is 1. The third-order valence-electron chi connectivity index (χ3n) is 3.99. The normalized spacial score (nSPS) is 12.8. The average molecular weight is 414 g/mol. The molecule has 0 atom stereocenters. The maximum Gasteiger partial charge on any atom is 0.306 e. The summed E-state index contributed by atoms with van der Waals surface area (Å²) < 4.78 is 34.3. The fourth-order valence-electron chi connectivity index (χ4n) is 2.83. The summed E-state index contributed by atoms with van der Waals surface area (Å²) >= 11 is 0. The molecule has 5 N–H and O–H groups in total. The topological polar surface area (TPSA) is 137 Å². The van der Waals surface area contributed by atoms with Crippen LogP contribution in [0, 0.1) is 22.5 Å². The number of rotatable bonds is 6. The minimum Gasteiger partial charge on any atom is -0.432 e. The van der Waals surface area contributed by atoms with E-state index in [1.54, 1.807) is 13.8 Å². The molecule has 0 aliphatic heterocycles. The summed E-state index contributed by atoms with van der Waals surface area (Å²) in [7, 11) is 0. The summed E-state index contributed by atoms with van der Waals surface area (Å²) in [6, 6.07) is 3.06. The second-order valence-electron chi connectivity index (χ2n) is 7.21. The van der Waals surface area contributed by atoms with Crippen LogP contribution in [0.2, 0.25) is 0 Å². The lowest BCUT2D eigenvalue weighted by Gasteiger charge is -2.15. The Morgan fingerprint density at radius 1 is 1.33 bits per heavy atom. The van der Waals surface area contributed by atoms with E-state index in [-0.39, 0.29) is 46.6 Å².